The van der Waals surface area contributed by atoms with Gasteiger partial charge in [-0.15, -0.1) is 0 Å². The third-order valence-corrected chi connectivity index (χ3v) is 11.3. The topological polar surface area (TPSA) is 167 Å². The van der Waals surface area contributed by atoms with Crippen LogP contribution in [0.15, 0.2) is 30.3 Å². The highest BCUT2D eigenvalue weighted by molar-refractivity contribution is 5.91. The first-order valence-corrected chi connectivity index (χ1v) is 19.6. The summed E-state index contributed by atoms with van der Waals surface area (Å²) in [6.45, 7) is 15.3. The van der Waals surface area contributed by atoms with Crippen molar-refractivity contribution < 1.29 is 43.3 Å². The summed E-state index contributed by atoms with van der Waals surface area (Å²) in [7, 11) is 7.47. The average molecular weight is 776 g/mol. The summed E-state index contributed by atoms with van der Waals surface area (Å²) < 4.78 is 16.8. The van der Waals surface area contributed by atoms with Crippen molar-refractivity contribution in [3.8, 4) is 0 Å². The number of methoxy groups -OCH3 is 3. The lowest BCUT2D eigenvalue weighted by Gasteiger charge is -2.41. The molecule has 14 nitrogen and oxygen atoms in total. The lowest BCUT2D eigenvalue weighted by Crippen LogP contribution is -2.60. The molecule has 5 amide bonds. The van der Waals surface area contributed by atoms with Crippen LogP contribution in [0.5, 0.6) is 0 Å². The summed E-state index contributed by atoms with van der Waals surface area (Å²) in [5.41, 5.74) is 0.697. The van der Waals surface area contributed by atoms with E-state index in [1.165, 1.54) is 33.3 Å². The van der Waals surface area contributed by atoms with Crippen LogP contribution in [0, 0.1) is 23.7 Å². The highest BCUT2D eigenvalue weighted by Crippen LogP contribution is 2.30. The van der Waals surface area contributed by atoms with Crippen molar-refractivity contribution in [3.63, 3.8) is 0 Å². The SMILES string of the molecule is CC[C@H](C)[C@@H]([C@H](CC(=O)N1CCC[C@H]1[C@H](OC)[C@@H](C)C(=O)N[C@@H](C)[C@H](O)c1ccccc1)OC)N(C)C(=O)[C@@H](NC(=O)[C@H](C(C)C)N(C)C(=O)OC)C(C)C. The molecule has 10 atom stereocenters. The van der Waals surface area contributed by atoms with Crippen LogP contribution in [0.1, 0.15) is 92.7 Å². The van der Waals surface area contributed by atoms with E-state index in [9.17, 15) is 29.1 Å². The Morgan fingerprint density at radius 3 is 2.00 bits per heavy atom. The number of aliphatic hydroxyl groups excluding tert-OH is 1. The van der Waals surface area contributed by atoms with Gasteiger partial charge < -0.3 is 39.8 Å². The number of carbonyl (C=O) groups is 5. The first-order valence-electron chi connectivity index (χ1n) is 19.6. The Hall–Kier alpha value is -3.75. The first-order chi connectivity index (χ1) is 25.9. The van der Waals surface area contributed by atoms with Gasteiger partial charge in [0.25, 0.3) is 0 Å². The number of ether oxygens (including phenoxy) is 3. The number of carbonyl (C=O) groups excluding carboxylic acids is 5. The number of nitrogens with zero attached hydrogens (tertiary/aromatic N) is 3. The molecule has 0 aliphatic carbocycles. The van der Waals surface area contributed by atoms with E-state index in [0.717, 1.165) is 6.42 Å². The molecule has 55 heavy (non-hydrogen) atoms. The van der Waals surface area contributed by atoms with Crippen LogP contribution in [0.3, 0.4) is 0 Å². The molecule has 0 aromatic heterocycles. The zero-order valence-corrected chi connectivity index (χ0v) is 35.4. The van der Waals surface area contributed by atoms with Crippen LogP contribution in [-0.2, 0) is 33.4 Å². The molecule has 1 aliphatic heterocycles. The summed E-state index contributed by atoms with van der Waals surface area (Å²) in [5, 5.41) is 16.7. The Balaban J connectivity index is 2.28. The van der Waals surface area contributed by atoms with Gasteiger partial charge in [-0.2, -0.15) is 0 Å². The van der Waals surface area contributed by atoms with Gasteiger partial charge >= 0.3 is 6.09 Å². The summed E-state index contributed by atoms with van der Waals surface area (Å²) in [5.74, 6) is -2.54. The molecule has 0 radical (unpaired) electrons. The van der Waals surface area contributed by atoms with Gasteiger partial charge in [0.15, 0.2) is 0 Å². The summed E-state index contributed by atoms with van der Waals surface area (Å²) in [6.07, 6.45) is -0.792. The van der Waals surface area contributed by atoms with Gasteiger partial charge in [-0.1, -0.05) is 85.2 Å². The van der Waals surface area contributed by atoms with Gasteiger partial charge in [0.2, 0.25) is 23.6 Å². The third-order valence-electron chi connectivity index (χ3n) is 11.3. The van der Waals surface area contributed by atoms with Crippen LogP contribution in [0.2, 0.25) is 0 Å². The van der Waals surface area contributed by atoms with Gasteiger partial charge in [-0.05, 0) is 43.1 Å². The Bertz CT molecular complexity index is 1400. The van der Waals surface area contributed by atoms with E-state index >= 15 is 0 Å². The first kappa shape index (κ1) is 47.4. The van der Waals surface area contributed by atoms with Crippen LogP contribution < -0.4 is 10.6 Å². The van der Waals surface area contributed by atoms with E-state index in [0.29, 0.717) is 24.9 Å². The molecular weight excluding hydrogens is 706 g/mol. The van der Waals surface area contributed by atoms with Crippen molar-refractivity contribution in [3.05, 3.63) is 35.9 Å². The molecule has 1 aliphatic rings. The number of hydrogen-bond donors (Lipinski definition) is 3. The number of hydrogen-bond acceptors (Lipinski definition) is 9. The normalized spacial score (nSPS) is 19.3. The molecule has 1 saturated heterocycles. The molecule has 0 bridgehead atoms. The molecule has 14 heteroatoms. The fourth-order valence-electron chi connectivity index (χ4n) is 7.83. The van der Waals surface area contributed by atoms with Gasteiger partial charge in [0.05, 0.1) is 55.9 Å². The van der Waals surface area contributed by atoms with Gasteiger partial charge in [-0.3, -0.25) is 24.1 Å². The molecule has 1 heterocycles. The zero-order chi connectivity index (χ0) is 41.7. The highest BCUT2D eigenvalue weighted by Gasteiger charge is 2.43. The summed E-state index contributed by atoms with van der Waals surface area (Å²) >= 11 is 0. The number of likely N-dealkylation sites (N-methyl/N-ethyl adjacent to an activating group) is 2. The Labute approximate surface area is 329 Å². The largest absolute Gasteiger partial charge is 0.453 e. The number of aliphatic hydroxyl groups is 1. The van der Waals surface area contributed by atoms with Crippen molar-refractivity contribution in [2.75, 3.05) is 42.0 Å². The van der Waals surface area contributed by atoms with Crippen molar-refractivity contribution in [1.29, 1.82) is 0 Å². The average Bonchev–Trinajstić information content (AvgIpc) is 3.65. The molecule has 0 unspecified atom stereocenters. The third kappa shape index (κ3) is 12.1. The minimum Gasteiger partial charge on any atom is -0.453 e. The maximum absolute atomic E-state index is 14.3. The highest BCUT2D eigenvalue weighted by atomic mass is 16.5. The number of likely N-dealkylation sites (tertiary alicyclic amines) is 1. The fraction of sp³-hybridized carbons (Fsp3) is 0.732. The van der Waals surface area contributed by atoms with Crippen LogP contribution in [-0.4, -0.2) is 134 Å². The molecule has 2 rings (SSSR count). The molecule has 1 aromatic carbocycles. The van der Waals surface area contributed by atoms with Crippen molar-refractivity contribution >= 4 is 29.7 Å². The second-order valence-corrected chi connectivity index (χ2v) is 15.7. The molecule has 312 valence electrons. The minimum absolute atomic E-state index is 0.0189. The molecule has 3 N–H and O–H groups in total. The molecular formula is C41H69N5O9. The Morgan fingerprint density at radius 2 is 1.49 bits per heavy atom. The number of amides is 5. The molecule has 1 aromatic rings. The van der Waals surface area contributed by atoms with E-state index < -0.39 is 60.4 Å². The fourth-order valence-corrected chi connectivity index (χ4v) is 7.83. The standard InChI is InChI=1S/C41H69N5O9/c1-14-26(6)35(44(9)40(51)33(24(2)3)43-39(50)34(25(4)5)45(10)41(52)55-13)31(53-11)23-32(47)46-22-18-21-30(46)37(54-12)27(7)38(49)42-28(8)36(48)29-19-16-15-17-20-29/h15-17,19-20,24-28,30-31,33-37,48H,14,18,21-23H2,1-13H3,(H,42,49)(H,43,50)/t26-,27+,28-,30-,31-,33-,34-,35-,36-,37+/m0/s1. The zero-order valence-electron chi connectivity index (χ0n) is 35.4. The van der Waals surface area contributed by atoms with Crippen LogP contribution in [0.4, 0.5) is 4.79 Å². The minimum atomic E-state index is -0.917. The summed E-state index contributed by atoms with van der Waals surface area (Å²) in [4.78, 5) is 72.5. The van der Waals surface area contributed by atoms with Gasteiger partial charge in [0, 0.05) is 34.9 Å². The molecule has 1 fully saturated rings. The van der Waals surface area contributed by atoms with E-state index in [2.05, 4.69) is 10.6 Å². The maximum atomic E-state index is 14.3. The number of benzene rings is 1. The van der Waals surface area contributed by atoms with E-state index in [1.807, 2.05) is 59.7 Å². The van der Waals surface area contributed by atoms with Crippen LogP contribution in [0.25, 0.3) is 0 Å². The van der Waals surface area contributed by atoms with E-state index in [-0.39, 0.29) is 47.9 Å². The smallest absolute Gasteiger partial charge is 0.409 e. The van der Waals surface area contributed by atoms with Crippen molar-refractivity contribution in [2.45, 2.75) is 130 Å². The number of nitrogens with one attached hydrogen (secondary N) is 2. The quantitative estimate of drug-likeness (QED) is 0.177. The maximum Gasteiger partial charge on any atom is 0.409 e. The van der Waals surface area contributed by atoms with Crippen molar-refractivity contribution in [1.82, 2.24) is 25.3 Å². The monoisotopic (exact) mass is 776 g/mol. The number of rotatable bonds is 20. The Kier molecular flexibility index (Phi) is 19.1. The molecule has 0 spiro atoms. The van der Waals surface area contributed by atoms with Crippen molar-refractivity contribution in [2.24, 2.45) is 23.7 Å². The second-order valence-electron chi connectivity index (χ2n) is 15.7. The lowest BCUT2D eigenvalue weighted by molar-refractivity contribution is -0.148. The predicted octanol–water partition coefficient (Wildman–Crippen LogP) is 4.01. The lowest BCUT2D eigenvalue weighted by atomic mass is 9.89. The Morgan fingerprint density at radius 1 is 0.873 bits per heavy atom. The molecule has 0 saturated carbocycles. The predicted molar refractivity (Wildman–Crippen MR) is 211 cm³/mol. The summed E-state index contributed by atoms with van der Waals surface area (Å²) in [6, 6.07) is 5.89. The van der Waals surface area contributed by atoms with Crippen LogP contribution >= 0.6 is 0 Å². The van der Waals surface area contributed by atoms with E-state index in [4.69, 9.17) is 14.2 Å². The van der Waals surface area contributed by atoms with E-state index in [1.54, 1.807) is 42.8 Å². The van der Waals surface area contributed by atoms with Gasteiger partial charge in [-0.25, -0.2) is 4.79 Å². The van der Waals surface area contributed by atoms with Gasteiger partial charge in [0.1, 0.15) is 12.1 Å². The second kappa shape index (κ2) is 22.1.